The quantitative estimate of drug-likeness (QED) is 0.301. The lowest BCUT2D eigenvalue weighted by Gasteiger charge is -2.60. The molecule has 3 N–H and O–H groups in total. The topological polar surface area (TPSA) is 104 Å². The van der Waals surface area contributed by atoms with Crippen LogP contribution in [-0.2, 0) is 14.3 Å². The Bertz CT molecular complexity index is 1080. The minimum absolute atomic E-state index is 0.0596. The predicted octanol–water partition coefficient (Wildman–Crippen LogP) is 3.62. The summed E-state index contributed by atoms with van der Waals surface area (Å²) in [7, 11) is 0. The van der Waals surface area contributed by atoms with Crippen molar-refractivity contribution in [1.82, 2.24) is 0 Å². The molecule has 1 heterocycles. The monoisotopic (exact) mass is 504 g/mol. The van der Waals surface area contributed by atoms with E-state index < -0.39 is 34.0 Å². The first kappa shape index (κ1) is 25.2. The Morgan fingerprint density at radius 3 is 2.51 bits per heavy atom. The summed E-state index contributed by atoms with van der Waals surface area (Å²) in [6.45, 7) is 9.66. The van der Waals surface area contributed by atoms with Crippen LogP contribution in [0.25, 0.3) is 0 Å². The molecule has 4 aliphatic carbocycles. The zero-order valence-corrected chi connectivity index (χ0v) is 21.9. The molecule has 10 atom stereocenters. The summed E-state index contributed by atoms with van der Waals surface area (Å²) in [6, 6.07) is 0. The number of fused-ring (bicyclic) bond motifs is 4. The zero-order chi connectivity index (χ0) is 25.7. The van der Waals surface area contributed by atoms with Gasteiger partial charge < -0.3 is 20.1 Å². The minimum Gasteiger partial charge on any atom is -0.458 e. The van der Waals surface area contributed by atoms with Crippen molar-refractivity contribution in [1.29, 1.82) is 0 Å². The lowest BCUT2D eigenvalue weighted by Crippen LogP contribution is -2.71. The van der Waals surface area contributed by atoms with Crippen molar-refractivity contribution in [2.24, 2.45) is 28.6 Å². The van der Waals surface area contributed by atoms with Crippen LogP contribution >= 0.6 is 11.6 Å². The molecule has 0 amide bonds. The number of allylic oxidation sites excluding steroid dienone is 1. The SMILES string of the molecule is CC1=C(C)C(=O)O[C@@H]([C@@H](C)[C@@]2(C)C3=C(C[C@H]2O)[C@@H]2C[C@H](Cl)[C@]4(O)[C@@H](O)C=CC(=O)[C@]4(C)[C@H]2CC3)C1. The van der Waals surface area contributed by atoms with Crippen LogP contribution in [-0.4, -0.2) is 56.4 Å². The van der Waals surface area contributed by atoms with Crippen LogP contribution in [0.5, 0.6) is 0 Å². The summed E-state index contributed by atoms with van der Waals surface area (Å²) < 4.78 is 5.82. The van der Waals surface area contributed by atoms with E-state index in [1.54, 1.807) is 13.8 Å². The third-order valence-electron chi connectivity index (χ3n) is 10.9. The lowest BCUT2D eigenvalue weighted by atomic mass is 9.46. The van der Waals surface area contributed by atoms with Gasteiger partial charge in [0, 0.05) is 23.3 Å². The standard InChI is InChI=1S/C28H37ClO6/c1-13-10-20(35-25(33)14(13)2)15(3)26(4)18-6-7-19-16(17(18)12-24(26)32)11-21(29)28(34)23(31)9-8-22(30)27(19,28)5/h8-9,15-16,19-21,23-24,31-32,34H,6-7,10-12H2,1-5H3/t15-,16+,19+,20-,21+,23+,24-,26+,27+,28+/m1/s1. The Labute approximate surface area is 212 Å². The molecule has 192 valence electrons. The molecule has 35 heavy (non-hydrogen) atoms. The fraction of sp³-hybridized carbons (Fsp3) is 0.714. The van der Waals surface area contributed by atoms with Crippen LogP contribution in [0.4, 0.5) is 0 Å². The van der Waals surface area contributed by atoms with Gasteiger partial charge in [-0.3, -0.25) is 4.79 Å². The normalized spacial score (nSPS) is 48.4. The van der Waals surface area contributed by atoms with Gasteiger partial charge in [0.1, 0.15) is 17.8 Å². The Balaban J connectivity index is 1.53. The number of hydrogen-bond acceptors (Lipinski definition) is 6. The number of aliphatic hydroxyl groups is 3. The highest BCUT2D eigenvalue weighted by molar-refractivity contribution is 6.22. The van der Waals surface area contributed by atoms with E-state index in [0.717, 1.165) is 11.1 Å². The van der Waals surface area contributed by atoms with Gasteiger partial charge in [-0.15, -0.1) is 11.6 Å². The number of aliphatic hydroxyl groups excluding tert-OH is 2. The number of hydrogen-bond donors (Lipinski definition) is 3. The summed E-state index contributed by atoms with van der Waals surface area (Å²) in [5, 5.41) is 33.0. The maximum absolute atomic E-state index is 13.3. The number of ketones is 1. The fourth-order valence-electron chi connectivity index (χ4n) is 8.17. The molecule has 1 fully saturated rings. The second-order valence-electron chi connectivity index (χ2n) is 12.0. The predicted molar refractivity (Wildman–Crippen MR) is 131 cm³/mol. The highest BCUT2D eigenvalue weighted by Crippen LogP contribution is 2.65. The van der Waals surface area contributed by atoms with Crippen molar-refractivity contribution in [3.8, 4) is 0 Å². The van der Waals surface area contributed by atoms with E-state index in [-0.39, 0.29) is 35.6 Å². The molecule has 0 aromatic heterocycles. The zero-order valence-electron chi connectivity index (χ0n) is 21.2. The average Bonchev–Trinajstić information content (AvgIpc) is 3.08. The molecule has 6 nitrogen and oxygen atoms in total. The lowest BCUT2D eigenvalue weighted by molar-refractivity contribution is -0.197. The smallest absolute Gasteiger partial charge is 0.333 e. The van der Waals surface area contributed by atoms with Crippen LogP contribution < -0.4 is 0 Å². The third kappa shape index (κ3) is 3.06. The van der Waals surface area contributed by atoms with Gasteiger partial charge in [-0.25, -0.2) is 4.79 Å². The van der Waals surface area contributed by atoms with Gasteiger partial charge in [0.2, 0.25) is 0 Å². The van der Waals surface area contributed by atoms with Crippen molar-refractivity contribution in [2.75, 3.05) is 0 Å². The van der Waals surface area contributed by atoms with Crippen molar-refractivity contribution in [2.45, 2.75) is 96.0 Å². The second kappa shape index (κ2) is 8.01. The fourth-order valence-corrected chi connectivity index (χ4v) is 8.72. The maximum Gasteiger partial charge on any atom is 0.333 e. The molecule has 0 saturated heterocycles. The molecule has 0 aromatic rings. The summed E-state index contributed by atoms with van der Waals surface area (Å²) in [6.07, 6.45) is 3.52. The van der Waals surface area contributed by atoms with Crippen LogP contribution in [0.3, 0.4) is 0 Å². The molecular formula is C28H37ClO6. The van der Waals surface area contributed by atoms with Crippen molar-refractivity contribution in [3.05, 3.63) is 34.4 Å². The van der Waals surface area contributed by atoms with E-state index >= 15 is 0 Å². The highest BCUT2D eigenvalue weighted by Gasteiger charge is 2.69. The Morgan fingerprint density at radius 2 is 1.86 bits per heavy atom. The summed E-state index contributed by atoms with van der Waals surface area (Å²) >= 11 is 6.79. The van der Waals surface area contributed by atoms with Gasteiger partial charge in [0.15, 0.2) is 5.78 Å². The van der Waals surface area contributed by atoms with Crippen LogP contribution in [0.15, 0.2) is 34.4 Å². The van der Waals surface area contributed by atoms with Gasteiger partial charge in [0.05, 0.1) is 16.9 Å². The van der Waals surface area contributed by atoms with E-state index in [1.807, 2.05) is 6.92 Å². The first-order valence-corrected chi connectivity index (χ1v) is 13.3. The van der Waals surface area contributed by atoms with Crippen molar-refractivity contribution >= 4 is 23.4 Å². The average molecular weight is 505 g/mol. The molecule has 1 aliphatic heterocycles. The molecule has 0 unspecified atom stereocenters. The maximum atomic E-state index is 13.3. The van der Waals surface area contributed by atoms with Crippen molar-refractivity contribution in [3.63, 3.8) is 0 Å². The molecule has 7 heteroatoms. The van der Waals surface area contributed by atoms with E-state index in [2.05, 4.69) is 13.8 Å². The third-order valence-corrected chi connectivity index (χ3v) is 11.4. The highest BCUT2D eigenvalue weighted by atomic mass is 35.5. The number of carbonyl (C=O) groups is 2. The number of cyclic esters (lactones) is 1. The van der Waals surface area contributed by atoms with Gasteiger partial charge in [0.25, 0.3) is 0 Å². The Morgan fingerprint density at radius 1 is 1.17 bits per heavy atom. The number of halogens is 1. The molecule has 1 saturated carbocycles. The summed E-state index contributed by atoms with van der Waals surface area (Å²) in [5.74, 6) is -0.825. The molecule has 0 spiro atoms. The van der Waals surface area contributed by atoms with Crippen molar-refractivity contribution < 1.29 is 29.6 Å². The van der Waals surface area contributed by atoms with Crippen LogP contribution in [0.2, 0.25) is 0 Å². The number of carbonyl (C=O) groups excluding carboxylic acids is 2. The van der Waals surface area contributed by atoms with Gasteiger partial charge in [-0.05, 0) is 70.4 Å². The number of ether oxygens (including phenoxy) is 1. The summed E-state index contributed by atoms with van der Waals surface area (Å²) in [5.41, 5.74) is 0.516. The molecule has 0 aromatic carbocycles. The molecule has 0 radical (unpaired) electrons. The van der Waals surface area contributed by atoms with Crippen LogP contribution in [0, 0.1) is 28.6 Å². The molecular weight excluding hydrogens is 468 g/mol. The molecule has 5 aliphatic rings. The number of esters is 1. The number of rotatable bonds is 2. The Hall–Kier alpha value is -1.47. The molecule has 5 rings (SSSR count). The molecule has 0 bridgehead atoms. The van der Waals surface area contributed by atoms with Gasteiger partial charge in [-0.1, -0.05) is 30.6 Å². The first-order valence-electron chi connectivity index (χ1n) is 12.8. The minimum atomic E-state index is -1.73. The largest absolute Gasteiger partial charge is 0.458 e. The van der Waals surface area contributed by atoms with Crippen LogP contribution in [0.1, 0.15) is 66.7 Å². The Kier molecular flexibility index (Phi) is 5.77. The van der Waals surface area contributed by atoms with E-state index in [4.69, 9.17) is 16.3 Å². The second-order valence-corrected chi connectivity index (χ2v) is 12.5. The van der Waals surface area contributed by atoms with E-state index in [0.29, 0.717) is 37.7 Å². The number of alkyl halides is 1. The first-order chi connectivity index (χ1) is 16.3. The van der Waals surface area contributed by atoms with E-state index in [9.17, 15) is 24.9 Å². The summed E-state index contributed by atoms with van der Waals surface area (Å²) in [4.78, 5) is 25.7. The van der Waals surface area contributed by atoms with E-state index in [1.165, 1.54) is 17.7 Å². The van der Waals surface area contributed by atoms with Gasteiger partial charge >= 0.3 is 5.97 Å². The van der Waals surface area contributed by atoms with Gasteiger partial charge in [-0.2, -0.15) is 0 Å².